The first-order chi connectivity index (χ1) is 13.7. The number of pyridine rings is 1. The Bertz CT molecular complexity index is 886. The summed E-state index contributed by atoms with van der Waals surface area (Å²) >= 11 is 1.49. The Labute approximate surface area is 168 Å². The number of nitrogens with zero attached hydrogens (tertiary/aromatic N) is 3. The van der Waals surface area contributed by atoms with Gasteiger partial charge in [-0.25, -0.2) is 4.98 Å². The highest BCUT2D eigenvalue weighted by Gasteiger charge is 2.22. The maximum absolute atomic E-state index is 9.14. The van der Waals surface area contributed by atoms with Crippen molar-refractivity contribution in [2.75, 3.05) is 39.4 Å². The number of thioether (sulfide) groups is 1. The number of hydrogen-bond acceptors (Lipinski definition) is 8. The quantitative estimate of drug-likeness (QED) is 0.686. The van der Waals surface area contributed by atoms with Gasteiger partial charge in [0.15, 0.2) is 11.5 Å². The lowest BCUT2D eigenvalue weighted by Gasteiger charge is -2.32. The molecule has 0 saturated carbocycles. The molecule has 0 spiro atoms. The normalized spacial score (nSPS) is 18.6. The Hall–Kier alpha value is -2.47. The van der Waals surface area contributed by atoms with E-state index in [0.29, 0.717) is 24.5 Å². The van der Waals surface area contributed by atoms with Crippen LogP contribution in [0.3, 0.4) is 0 Å². The first-order valence-electron chi connectivity index (χ1n) is 9.05. The maximum Gasteiger partial charge on any atom is 0.231 e. The fourth-order valence-corrected chi connectivity index (χ4v) is 3.76. The van der Waals surface area contributed by atoms with Crippen molar-refractivity contribution in [1.29, 1.82) is 5.26 Å². The topological polar surface area (TPSA) is 76.8 Å². The van der Waals surface area contributed by atoms with Gasteiger partial charge in [-0.3, -0.25) is 4.90 Å². The molecule has 1 fully saturated rings. The van der Waals surface area contributed by atoms with Gasteiger partial charge in [0, 0.05) is 25.7 Å². The van der Waals surface area contributed by atoms with Crippen molar-refractivity contribution in [2.24, 2.45) is 0 Å². The summed E-state index contributed by atoms with van der Waals surface area (Å²) in [6.07, 6.45) is 1.92. The van der Waals surface area contributed by atoms with E-state index >= 15 is 0 Å². The van der Waals surface area contributed by atoms with Crippen LogP contribution in [0.1, 0.15) is 11.3 Å². The van der Waals surface area contributed by atoms with Crippen LogP contribution in [0, 0.1) is 11.3 Å². The summed E-state index contributed by atoms with van der Waals surface area (Å²) in [5.74, 6) is 2.19. The number of benzene rings is 1. The summed E-state index contributed by atoms with van der Waals surface area (Å²) in [4.78, 5) is 6.91. The van der Waals surface area contributed by atoms with Gasteiger partial charge in [0.1, 0.15) is 29.6 Å². The Morgan fingerprint density at radius 2 is 2.18 bits per heavy atom. The molecule has 4 rings (SSSR count). The lowest BCUT2D eigenvalue weighted by atomic mass is 10.2. The predicted octanol–water partition coefficient (Wildman–Crippen LogP) is 2.68. The van der Waals surface area contributed by atoms with E-state index in [1.165, 1.54) is 11.8 Å². The van der Waals surface area contributed by atoms with Crippen LogP contribution in [-0.4, -0.2) is 55.3 Å². The average Bonchev–Trinajstić information content (AvgIpc) is 3.20. The molecule has 0 radical (unpaired) electrons. The van der Waals surface area contributed by atoms with Crippen molar-refractivity contribution in [3.05, 3.63) is 41.6 Å². The molecule has 1 unspecified atom stereocenters. The zero-order valence-electron chi connectivity index (χ0n) is 15.6. The van der Waals surface area contributed by atoms with Gasteiger partial charge in [0.2, 0.25) is 6.79 Å². The molecule has 0 bridgehead atoms. The van der Waals surface area contributed by atoms with Crippen LogP contribution in [0.25, 0.3) is 0 Å². The maximum atomic E-state index is 9.14. The highest BCUT2D eigenvalue weighted by Crippen LogP contribution is 2.35. The minimum Gasteiger partial charge on any atom is -0.491 e. The van der Waals surface area contributed by atoms with Gasteiger partial charge in [-0.05, 0) is 30.5 Å². The zero-order chi connectivity index (χ0) is 19.3. The van der Waals surface area contributed by atoms with E-state index in [1.807, 2.05) is 36.6 Å². The lowest BCUT2D eigenvalue weighted by Crippen LogP contribution is -2.44. The molecule has 1 aromatic heterocycles. The van der Waals surface area contributed by atoms with Crippen LogP contribution in [0.5, 0.6) is 17.2 Å². The van der Waals surface area contributed by atoms with Gasteiger partial charge in [0.05, 0.1) is 17.9 Å². The molecule has 146 valence electrons. The molecule has 0 N–H and O–H groups in total. The molecule has 1 atom stereocenters. The third-order valence-electron chi connectivity index (χ3n) is 4.62. The van der Waals surface area contributed by atoms with Crippen molar-refractivity contribution in [1.82, 2.24) is 9.88 Å². The monoisotopic (exact) mass is 399 g/mol. The van der Waals surface area contributed by atoms with Crippen LogP contribution < -0.4 is 14.2 Å². The summed E-state index contributed by atoms with van der Waals surface area (Å²) in [7, 11) is 0. The molecule has 1 saturated heterocycles. The number of nitriles is 1. The standard InChI is InChI=1S/C20H21N3O4S/c1-28-20-14(9-21)2-3-15(22-20)10-23-6-7-24-17(11-23)12-25-16-4-5-18-19(8-16)27-13-26-18/h2-5,8,17H,6-7,10-13H2,1H3. The van der Waals surface area contributed by atoms with E-state index in [9.17, 15) is 0 Å². The molecule has 7 nitrogen and oxygen atoms in total. The largest absolute Gasteiger partial charge is 0.491 e. The number of ether oxygens (including phenoxy) is 4. The Morgan fingerprint density at radius 3 is 3.04 bits per heavy atom. The number of aromatic nitrogens is 1. The summed E-state index contributed by atoms with van der Waals surface area (Å²) in [5, 5.41) is 9.92. The van der Waals surface area contributed by atoms with Gasteiger partial charge in [-0.1, -0.05) is 0 Å². The number of rotatable bonds is 6. The fourth-order valence-electron chi connectivity index (χ4n) is 3.22. The Balaban J connectivity index is 1.32. The SMILES string of the molecule is CSc1nc(CN2CCOC(COc3ccc4c(c3)OCO4)C2)ccc1C#N. The molecular weight excluding hydrogens is 378 g/mol. The van der Waals surface area contributed by atoms with E-state index in [4.69, 9.17) is 24.2 Å². The number of hydrogen-bond donors (Lipinski definition) is 0. The first kappa shape index (κ1) is 18.9. The third-order valence-corrected chi connectivity index (χ3v) is 5.32. The Morgan fingerprint density at radius 1 is 1.29 bits per heavy atom. The van der Waals surface area contributed by atoms with E-state index in [1.54, 1.807) is 0 Å². The van der Waals surface area contributed by atoms with E-state index < -0.39 is 0 Å². The van der Waals surface area contributed by atoms with Crippen molar-refractivity contribution in [3.8, 4) is 23.3 Å². The minimum absolute atomic E-state index is 0.0161. The summed E-state index contributed by atoms with van der Waals surface area (Å²) in [6, 6.07) is 11.5. The molecule has 3 heterocycles. The van der Waals surface area contributed by atoms with Crippen molar-refractivity contribution >= 4 is 11.8 Å². The van der Waals surface area contributed by atoms with Gasteiger partial charge in [-0.15, -0.1) is 11.8 Å². The molecule has 2 aromatic rings. The van der Waals surface area contributed by atoms with E-state index in [2.05, 4.69) is 16.0 Å². The summed E-state index contributed by atoms with van der Waals surface area (Å²) < 4.78 is 22.4. The second-order valence-corrected chi connectivity index (χ2v) is 7.32. The second-order valence-electron chi connectivity index (χ2n) is 6.53. The van der Waals surface area contributed by atoms with Crippen molar-refractivity contribution in [3.63, 3.8) is 0 Å². The van der Waals surface area contributed by atoms with E-state index in [-0.39, 0.29) is 12.9 Å². The molecule has 2 aliphatic heterocycles. The number of fused-ring (bicyclic) bond motifs is 1. The van der Waals surface area contributed by atoms with Crippen LogP contribution in [-0.2, 0) is 11.3 Å². The third kappa shape index (κ3) is 4.33. The van der Waals surface area contributed by atoms with E-state index in [0.717, 1.165) is 41.9 Å². The molecular formula is C20H21N3O4S. The fraction of sp³-hybridized carbons (Fsp3) is 0.400. The average molecular weight is 399 g/mol. The summed E-state index contributed by atoms with van der Waals surface area (Å²) in [5.41, 5.74) is 1.58. The van der Waals surface area contributed by atoms with Crippen LogP contribution in [0.15, 0.2) is 35.4 Å². The van der Waals surface area contributed by atoms with Gasteiger partial charge >= 0.3 is 0 Å². The highest BCUT2D eigenvalue weighted by atomic mass is 32.2. The smallest absolute Gasteiger partial charge is 0.231 e. The van der Waals surface area contributed by atoms with Crippen molar-refractivity contribution in [2.45, 2.75) is 17.7 Å². The minimum atomic E-state index is -0.0161. The van der Waals surface area contributed by atoms with Gasteiger partial charge in [-0.2, -0.15) is 5.26 Å². The second kappa shape index (κ2) is 8.69. The van der Waals surface area contributed by atoms with Gasteiger partial charge in [0.25, 0.3) is 0 Å². The molecule has 28 heavy (non-hydrogen) atoms. The van der Waals surface area contributed by atoms with Crippen molar-refractivity contribution < 1.29 is 18.9 Å². The van der Waals surface area contributed by atoms with Gasteiger partial charge < -0.3 is 18.9 Å². The van der Waals surface area contributed by atoms with Crippen LogP contribution >= 0.6 is 11.8 Å². The Kier molecular flexibility index (Phi) is 5.86. The molecule has 8 heteroatoms. The highest BCUT2D eigenvalue weighted by molar-refractivity contribution is 7.98. The molecule has 2 aliphatic rings. The molecule has 1 aromatic carbocycles. The lowest BCUT2D eigenvalue weighted by molar-refractivity contribution is -0.0507. The zero-order valence-corrected chi connectivity index (χ0v) is 16.4. The molecule has 0 aliphatic carbocycles. The number of morpholine rings is 1. The predicted molar refractivity (Wildman–Crippen MR) is 104 cm³/mol. The summed E-state index contributed by atoms with van der Waals surface area (Å²) in [6.45, 7) is 3.70. The molecule has 0 amide bonds. The van der Waals surface area contributed by atoms with Crippen LogP contribution in [0.2, 0.25) is 0 Å². The first-order valence-corrected chi connectivity index (χ1v) is 10.3. The van der Waals surface area contributed by atoms with Crippen LogP contribution in [0.4, 0.5) is 0 Å².